The zero-order valence-electron chi connectivity index (χ0n) is 13.1. The molecule has 0 radical (unpaired) electrons. The summed E-state index contributed by atoms with van der Waals surface area (Å²) >= 11 is 0. The molecule has 5 heteroatoms. The van der Waals surface area contributed by atoms with Crippen molar-refractivity contribution in [2.24, 2.45) is 0 Å². The molecule has 2 aromatic heterocycles. The summed E-state index contributed by atoms with van der Waals surface area (Å²) in [4.78, 5) is 16.5. The molecule has 5 nitrogen and oxygen atoms in total. The molecule has 1 aromatic carbocycles. The summed E-state index contributed by atoms with van der Waals surface area (Å²) in [7, 11) is 1.35. The monoisotopic (exact) mass is 310 g/mol. The van der Waals surface area contributed by atoms with Crippen LogP contribution in [0.1, 0.15) is 16.1 Å². The van der Waals surface area contributed by atoms with Gasteiger partial charge in [-0.1, -0.05) is 23.8 Å². The minimum Gasteiger partial charge on any atom is -0.464 e. The van der Waals surface area contributed by atoms with Gasteiger partial charge in [0.25, 0.3) is 0 Å². The summed E-state index contributed by atoms with van der Waals surface area (Å²) in [5.74, 6) is -0.426. The van der Waals surface area contributed by atoms with Crippen LogP contribution in [-0.4, -0.2) is 34.3 Å². The van der Waals surface area contributed by atoms with Gasteiger partial charge in [0.15, 0.2) is 0 Å². The van der Waals surface area contributed by atoms with E-state index in [1.807, 2.05) is 31.2 Å². The summed E-state index contributed by atoms with van der Waals surface area (Å²) < 4.78 is 6.62. The number of hydrogen-bond donors (Lipinski definition) is 1. The minimum absolute atomic E-state index is 0.0596. The van der Waals surface area contributed by atoms with Gasteiger partial charge in [-0.3, -0.25) is 4.98 Å². The molecule has 0 saturated carbocycles. The van der Waals surface area contributed by atoms with Crippen LogP contribution in [0.15, 0.2) is 42.6 Å². The number of fused-ring (bicyclic) bond motifs is 1. The largest absolute Gasteiger partial charge is 0.464 e. The van der Waals surface area contributed by atoms with Gasteiger partial charge in [-0.25, -0.2) is 4.79 Å². The van der Waals surface area contributed by atoms with Gasteiger partial charge < -0.3 is 14.4 Å². The van der Waals surface area contributed by atoms with E-state index < -0.39 is 5.97 Å². The first-order chi connectivity index (χ1) is 11.2. The van der Waals surface area contributed by atoms with E-state index in [0.29, 0.717) is 12.2 Å². The Labute approximate surface area is 134 Å². The van der Waals surface area contributed by atoms with Gasteiger partial charge in [0, 0.05) is 23.7 Å². The van der Waals surface area contributed by atoms with Crippen LogP contribution in [0.25, 0.3) is 22.2 Å². The lowest BCUT2D eigenvalue weighted by atomic mass is 10.1. The number of aromatic nitrogens is 2. The Morgan fingerprint density at radius 2 is 2.13 bits per heavy atom. The van der Waals surface area contributed by atoms with E-state index >= 15 is 0 Å². The van der Waals surface area contributed by atoms with Crippen molar-refractivity contribution in [2.45, 2.75) is 13.5 Å². The molecule has 0 aliphatic rings. The van der Waals surface area contributed by atoms with Crippen LogP contribution in [0.5, 0.6) is 0 Å². The molecule has 0 bridgehead atoms. The molecular formula is C18H18N2O3. The molecule has 3 rings (SSSR count). The van der Waals surface area contributed by atoms with Crippen molar-refractivity contribution in [2.75, 3.05) is 13.7 Å². The molecule has 118 valence electrons. The summed E-state index contributed by atoms with van der Waals surface area (Å²) in [6.45, 7) is 2.29. The van der Waals surface area contributed by atoms with Crippen LogP contribution in [0.2, 0.25) is 0 Å². The fraction of sp³-hybridized carbons (Fsp3) is 0.222. The van der Waals surface area contributed by atoms with Gasteiger partial charge in [0.05, 0.1) is 24.9 Å². The predicted octanol–water partition coefficient (Wildman–Crippen LogP) is 2.79. The molecule has 3 aromatic rings. The van der Waals surface area contributed by atoms with E-state index in [9.17, 15) is 9.90 Å². The molecule has 1 N–H and O–H groups in total. The second-order valence-corrected chi connectivity index (χ2v) is 5.36. The number of esters is 1. The first-order valence-corrected chi connectivity index (χ1v) is 7.40. The third-order valence-electron chi connectivity index (χ3n) is 3.84. The van der Waals surface area contributed by atoms with Crippen molar-refractivity contribution in [3.8, 4) is 11.3 Å². The number of carbonyl (C=O) groups is 1. The maximum atomic E-state index is 12.0. The molecule has 2 heterocycles. The SMILES string of the molecule is COC(=O)c1cc2c(-c3cccc(C)c3)nccc2n1CCO. The Morgan fingerprint density at radius 3 is 2.83 bits per heavy atom. The highest BCUT2D eigenvalue weighted by Crippen LogP contribution is 2.30. The molecule has 0 saturated heterocycles. The highest BCUT2D eigenvalue weighted by atomic mass is 16.5. The number of carbonyl (C=O) groups excluding carboxylic acids is 1. The molecule has 0 spiro atoms. The summed E-state index contributed by atoms with van der Waals surface area (Å²) in [5.41, 5.74) is 4.22. The van der Waals surface area contributed by atoms with Gasteiger partial charge in [0.1, 0.15) is 5.69 Å². The molecular weight excluding hydrogens is 292 g/mol. The normalized spacial score (nSPS) is 10.9. The maximum Gasteiger partial charge on any atom is 0.354 e. The van der Waals surface area contributed by atoms with Crippen LogP contribution < -0.4 is 0 Å². The van der Waals surface area contributed by atoms with Crippen molar-refractivity contribution in [3.05, 3.63) is 53.9 Å². The smallest absolute Gasteiger partial charge is 0.354 e. The number of methoxy groups -OCH3 is 1. The molecule has 0 amide bonds. The molecule has 0 aliphatic carbocycles. The molecule has 0 fully saturated rings. The lowest BCUT2D eigenvalue weighted by molar-refractivity contribution is 0.0588. The van der Waals surface area contributed by atoms with Crippen molar-refractivity contribution in [1.29, 1.82) is 0 Å². The van der Waals surface area contributed by atoms with Crippen LogP contribution in [0, 0.1) is 6.92 Å². The van der Waals surface area contributed by atoms with Crippen molar-refractivity contribution < 1.29 is 14.6 Å². The highest BCUT2D eigenvalue weighted by molar-refractivity contribution is 6.00. The Kier molecular flexibility index (Phi) is 4.12. The van der Waals surface area contributed by atoms with E-state index in [2.05, 4.69) is 11.1 Å². The van der Waals surface area contributed by atoms with Crippen LogP contribution in [0.4, 0.5) is 0 Å². The van der Waals surface area contributed by atoms with Crippen LogP contribution in [-0.2, 0) is 11.3 Å². The lowest BCUT2D eigenvalue weighted by Gasteiger charge is -2.08. The number of aryl methyl sites for hydroxylation is 1. The summed E-state index contributed by atoms with van der Waals surface area (Å²) in [5, 5.41) is 10.2. The van der Waals surface area contributed by atoms with Crippen molar-refractivity contribution in [3.63, 3.8) is 0 Å². The average Bonchev–Trinajstić information content (AvgIpc) is 2.93. The number of nitrogens with zero attached hydrogens (tertiary/aromatic N) is 2. The Balaban J connectivity index is 2.27. The number of pyridine rings is 1. The second-order valence-electron chi connectivity index (χ2n) is 5.36. The Bertz CT molecular complexity index is 868. The number of rotatable bonds is 4. The quantitative estimate of drug-likeness (QED) is 0.753. The fourth-order valence-electron chi connectivity index (χ4n) is 2.82. The van der Waals surface area contributed by atoms with Crippen molar-refractivity contribution >= 4 is 16.9 Å². The summed E-state index contributed by atoms with van der Waals surface area (Å²) in [6, 6.07) is 11.7. The predicted molar refractivity (Wildman–Crippen MR) is 88.3 cm³/mol. The van der Waals surface area contributed by atoms with Crippen LogP contribution >= 0.6 is 0 Å². The lowest BCUT2D eigenvalue weighted by Crippen LogP contribution is -2.12. The zero-order valence-corrected chi connectivity index (χ0v) is 13.1. The van der Waals surface area contributed by atoms with Crippen LogP contribution in [0.3, 0.4) is 0 Å². The molecule has 0 atom stereocenters. The summed E-state index contributed by atoms with van der Waals surface area (Å²) in [6.07, 6.45) is 1.72. The second kappa shape index (κ2) is 6.22. The highest BCUT2D eigenvalue weighted by Gasteiger charge is 2.18. The molecule has 0 unspecified atom stereocenters. The fourth-order valence-corrected chi connectivity index (χ4v) is 2.82. The Hall–Kier alpha value is -2.66. The molecule has 0 aliphatic heterocycles. The number of benzene rings is 1. The third-order valence-corrected chi connectivity index (χ3v) is 3.84. The van der Waals surface area contributed by atoms with E-state index in [1.54, 1.807) is 16.8 Å². The number of hydrogen-bond acceptors (Lipinski definition) is 4. The van der Waals surface area contributed by atoms with E-state index in [1.165, 1.54) is 7.11 Å². The topological polar surface area (TPSA) is 64.3 Å². The average molecular weight is 310 g/mol. The number of aliphatic hydroxyl groups is 1. The van der Waals surface area contributed by atoms with Gasteiger partial charge in [0.2, 0.25) is 0 Å². The maximum absolute atomic E-state index is 12.0. The number of aliphatic hydroxyl groups excluding tert-OH is 1. The van der Waals surface area contributed by atoms with E-state index in [-0.39, 0.29) is 6.61 Å². The van der Waals surface area contributed by atoms with Gasteiger partial charge in [-0.05, 0) is 25.1 Å². The Morgan fingerprint density at radius 1 is 1.30 bits per heavy atom. The van der Waals surface area contributed by atoms with Crippen molar-refractivity contribution in [1.82, 2.24) is 9.55 Å². The first kappa shape index (κ1) is 15.2. The van der Waals surface area contributed by atoms with Gasteiger partial charge in [-0.15, -0.1) is 0 Å². The van der Waals surface area contributed by atoms with E-state index in [4.69, 9.17) is 4.74 Å². The van der Waals surface area contributed by atoms with Gasteiger partial charge >= 0.3 is 5.97 Å². The van der Waals surface area contributed by atoms with Gasteiger partial charge in [-0.2, -0.15) is 0 Å². The third kappa shape index (κ3) is 2.71. The zero-order chi connectivity index (χ0) is 16.4. The first-order valence-electron chi connectivity index (χ1n) is 7.40. The molecule has 23 heavy (non-hydrogen) atoms. The minimum atomic E-state index is -0.426. The number of ether oxygens (including phenoxy) is 1. The van der Waals surface area contributed by atoms with E-state index in [0.717, 1.165) is 27.7 Å². The standard InChI is InChI=1S/C18H18N2O3/c1-12-4-3-5-13(10-12)17-14-11-16(18(22)23-2)20(8-9-21)15(14)6-7-19-17/h3-7,10-11,21H,8-9H2,1-2H3.